The standard InChI is InChI=1S/C22H31FN4O2Si/c1-30(2,3)11-10-29-15-26-9-8-18-20-19(13-24-21(18)26)22(28)25-14-27(20)17-6-4-16(12-23)5-7-17/h8-9,13-14,16-17H,4-7,10-12,15H2,1-3H3/t16-,17-. The highest BCUT2D eigenvalue weighted by molar-refractivity contribution is 6.76. The number of hydrogen-bond acceptors (Lipinski definition) is 4. The number of nitrogens with zero attached hydrogens (tertiary/aromatic N) is 4. The van der Waals surface area contributed by atoms with E-state index in [0.29, 0.717) is 12.1 Å². The molecule has 0 N–H and O–H groups in total. The molecule has 3 heterocycles. The molecule has 0 radical (unpaired) electrons. The predicted molar refractivity (Wildman–Crippen MR) is 120 cm³/mol. The number of fused-ring (bicyclic) bond motifs is 3. The SMILES string of the molecule is C[Si](C)(C)CCOCn1ccc2c1ncc1c(=O)ncn([C@H]3CC[C@H](CF)CC3)c12. The molecule has 8 heteroatoms. The van der Waals surface area contributed by atoms with Gasteiger partial charge >= 0.3 is 0 Å². The fraction of sp³-hybridized carbons (Fsp3) is 0.591. The second-order valence-electron chi connectivity index (χ2n) is 9.68. The molecule has 4 rings (SSSR count). The van der Waals surface area contributed by atoms with E-state index in [1.54, 1.807) is 12.5 Å². The average molecular weight is 431 g/mol. The number of halogens is 1. The number of aromatic nitrogens is 4. The topological polar surface area (TPSA) is 61.9 Å². The van der Waals surface area contributed by atoms with E-state index in [1.807, 2.05) is 16.8 Å². The zero-order chi connectivity index (χ0) is 21.3. The molecule has 6 nitrogen and oxygen atoms in total. The van der Waals surface area contributed by atoms with Crippen LogP contribution < -0.4 is 5.56 Å². The third-order valence-electron chi connectivity index (χ3n) is 6.20. The van der Waals surface area contributed by atoms with Crippen molar-refractivity contribution in [1.29, 1.82) is 0 Å². The summed E-state index contributed by atoms with van der Waals surface area (Å²) < 4.78 is 23.1. The Bertz CT molecular complexity index is 1080. The maximum atomic E-state index is 13.0. The summed E-state index contributed by atoms with van der Waals surface area (Å²) in [6, 6.07) is 3.36. The quantitative estimate of drug-likeness (QED) is 0.400. The average Bonchev–Trinajstić information content (AvgIpc) is 3.14. The molecule has 0 saturated heterocycles. The van der Waals surface area contributed by atoms with Gasteiger partial charge in [-0.1, -0.05) is 19.6 Å². The van der Waals surface area contributed by atoms with Gasteiger partial charge in [0, 0.05) is 38.5 Å². The Kier molecular flexibility index (Phi) is 6.06. The molecule has 1 saturated carbocycles. The Morgan fingerprint density at radius 3 is 2.63 bits per heavy atom. The summed E-state index contributed by atoms with van der Waals surface area (Å²) in [5, 5.41) is 1.48. The van der Waals surface area contributed by atoms with Gasteiger partial charge in [-0.05, 0) is 43.7 Å². The minimum absolute atomic E-state index is 0.163. The molecule has 30 heavy (non-hydrogen) atoms. The molecule has 3 aromatic heterocycles. The lowest BCUT2D eigenvalue weighted by Crippen LogP contribution is -2.22. The molecular formula is C22H31FN4O2Si. The van der Waals surface area contributed by atoms with Crippen LogP contribution in [0.3, 0.4) is 0 Å². The van der Waals surface area contributed by atoms with Gasteiger partial charge in [0.05, 0.1) is 23.9 Å². The van der Waals surface area contributed by atoms with Crippen molar-refractivity contribution in [3.8, 4) is 0 Å². The van der Waals surface area contributed by atoms with E-state index < -0.39 is 8.07 Å². The summed E-state index contributed by atoms with van der Waals surface area (Å²) >= 11 is 0. The predicted octanol–water partition coefficient (Wildman–Crippen LogP) is 4.76. The maximum Gasteiger partial charge on any atom is 0.282 e. The first kappa shape index (κ1) is 21.2. The fourth-order valence-corrected chi connectivity index (χ4v) is 5.06. The number of ether oxygens (including phenoxy) is 1. The normalized spacial score (nSPS) is 20.3. The van der Waals surface area contributed by atoms with Crippen LogP contribution in [-0.4, -0.2) is 40.5 Å². The first-order valence-corrected chi connectivity index (χ1v) is 14.6. The van der Waals surface area contributed by atoms with Crippen LogP contribution in [0.4, 0.5) is 4.39 Å². The van der Waals surface area contributed by atoms with Crippen LogP contribution in [-0.2, 0) is 11.5 Å². The lowest BCUT2D eigenvalue weighted by atomic mass is 9.86. The number of hydrogen-bond donors (Lipinski definition) is 0. The first-order chi connectivity index (χ1) is 14.4. The largest absolute Gasteiger partial charge is 0.361 e. The zero-order valence-corrected chi connectivity index (χ0v) is 19.1. The second kappa shape index (κ2) is 8.59. The molecule has 1 aliphatic carbocycles. The highest BCUT2D eigenvalue weighted by atomic mass is 28.3. The van der Waals surface area contributed by atoms with Crippen molar-refractivity contribution in [2.24, 2.45) is 5.92 Å². The second-order valence-corrected chi connectivity index (χ2v) is 15.3. The molecule has 162 valence electrons. The Labute approximate surface area is 177 Å². The van der Waals surface area contributed by atoms with Crippen molar-refractivity contribution in [1.82, 2.24) is 19.1 Å². The third kappa shape index (κ3) is 4.34. The minimum Gasteiger partial charge on any atom is -0.361 e. The van der Waals surface area contributed by atoms with E-state index in [2.05, 4.69) is 34.2 Å². The minimum atomic E-state index is -1.13. The van der Waals surface area contributed by atoms with Crippen LogP contribution in [0.1, 0.15) is 31.7 Å². The molecule has 1 aliphatic rings. The summed E-state index contributed by atoms with van der Waals surface area (Å²) in [5.74, 6) is 0.163. The van der Waals surface area contributed by atoms with Crippen LogP contribution in [0.5, 0.6) is 0 Å². The van der Waals surface area contributed by atoms with Gasteiger partial charge in [-0.3, -0.25) is 9.18 Å². The summed E-state index contributed by atoms with van der Waals surface area (Å²) in [6.45, 7) is 7.96. The summed E-state index contributed by atoms with van der Waals surface area (Å²) in [6.07, 6.45) is 8.81. The summed E-state index contributed by atoms with van der Waals surface area (Å²) in [5.41, 5.74) is 1.43. The van der Waals surface area contributed by atoms with Gasteiger partial charge in [0.15, 0.2) is 0 Å². The van der Waals surface area contributed by atoms with Crippen molar-refractivity contribution in [2.45, 2.75) is 64.1 Å². The van der Waals surface area contributed by atoms with E-state index in [1.165, 1.54) is 0 Å². The third-order valence-corrected chi connectivity index (χ3v) is 7.91. The first-order valence-electron chi connectivity index (χ1n) is 10.9. The van der Waals surface area contributed by atoms with Crippen LogP contribution in [0.2, 0.25) is 25.7 Å². The van der Waals surface area contributed by atoms with Crippen LogP contribution in [0, 0.1) is 5.92 Å². The Morgan fingerprint density at radius 2 is 1.93 bits per heavy atom. The van der Waals surface area contributed by atoms with Crippen molar-refractivity contribution in [2.75, 3.05) is 13.3 Å². The summed E-state index contributed by atoms with van der Waals surface area (Å²) in [7, 11) is -1.13. The van der Waals surface area contributed by atoms with E-state index in [0.717, 1.165) is 54.9 Å². The van der Waals surface area contributed by atoms with E-state index >= 15 is 0 Å². The fourth-order valence-electron chi connectivity index (χ4n) is 4.30. The van der Waals surface area contributed by atoms with Gasteiger partial charge in [-0.2, -0.15) is 4.98 Å². The molecule has 0 unspecified atom stereocenters. The molecule has 3 aromatic rings. The van der Waals surface area contributed by atoms with Gasteiger partial charge in [-0.25, -0.2) is 4.98 Å². The molecule has 0 aromatic carbocycles. The Hall–Kier alpha value is -2.06. The van der Waals surface area contributed by atoms with Gasteiger partial charge in [-0.15, -0.1) is 0 Å². The lowest BCUT2D eigenvalue weighted by molar-refractivity contribution is 0.0899. The van der Waals surface area contributed by atoms with E-state index in [4.69, 9.17) is 4.74 Å². The highest BCUT2D eigenvalue weighted by Crippen LogP contribution is 2.35. The molecular weight excluding hydrogens is 399 g/mol. The number of pyridine rings is 1. The molecule has 0 spiro atoms. The van der Waals surface area contributed by atoms with Crippen LogP contribution in [0.15, 0.2) is 29.6 Å². The molecule has 0 atom stereocenters. The zero-order valence-electron chi connectivity index (χ0n) is 18.1. The summed E-state index contributed by atoms with van der Waals surface area (Å²) in [4.78, 5) is 21.1. The van der Waals surface area contributed by atoms with E-state index in [-0.39, 0.29) is 24.2 Å². The molecule has 1 fully saturated rings. The van der Waals surface area contributed by atoms with Gasteiger partial charge in [0.1, 0.15) is 12.4 Å². The highest BCUT2D eigenvalue weighted by Gasteiger charge is 2.24. The van der Waals surface area contributed by atoms with Crippen LogP contribution >= 0.6 is 0 Å². The van der Waals surface area contributed by atoms with Crippen molar-refractivity contribution >= 4 is 30.0 Å². The van der Waals surface area contributed by atoms with Crippen LogP contribution in [0.25, 0.3) is 21.9 Å². The Balaban J connectivity index is 1.66. The smallest absolute Gasteiger partial charge is 0.282 e. The van der Waals surface area contributed by atoms with Crippen molar-refractivity contribution < 1.29 is 9.13 Å². The number of alkyl halides is 1. The van der Waals surface area contributed by atoms with Gasteiger partial charge in [0.2, 0.25) is 0 Å². The molecule has 0 aliphatic heterocycles. The van der Waals surface area contributed by atoms with Gasteiger partial charge < -0.3 is 13.9 Å². The van der Waals surface area contributed by atoms with Gasteiger partial charge in [0.25, 0.3) is 5.56 Å². The van der Waals surface area contributed by atoms with Crippen molar-refractivity contribution in [3.05, 3.63) is 35.1 Å². The lowest BCUT2D eigenvalue weighted by Gasteiger charge is -2.29. The Morgan fingerprint density at radius 1 is 1.17 bits per heavy atom. The van der Waals surface area contributed by atoms with Crippen molar-refractivity contribution in [3.63, 3.8) is 0 Å². The van der Waals surface area contributed by atoms with E-state index in [9.17, 15) is 9.18 Å². The number of rotatable bonds is 7. The maximum absolute atomic E-state index is 13.0. The molecule has 0 bridgehead atoms. The monoisotopic (exact) mass is 430 g/mol. The molecule has 0 amide bonds.